The minimum absolute atomic E-state index is 0.172. The average molecular weight is 574 g/mol. The number of fused-ring (bicyclic) bond motifs is 1. The molecule has 10 nitrogen and oxygen atoms in total. The molecule has 0 radical (unpaired) electrons. The van der Waals surface area contributed by atoms with Crippen LogP contribution in [0, 0.1) is 6.92 Å². The molecule has 0 aliphatic rings. The molecule has 0 aliphatic heterocycles. The molecule has 1 heterocycles. The number of hydrogen-bond acceptors (Lipinski definition) is 9. The Morgan fingerprint density at radius 3 is 2.17 bits per heavy atom. The van der Waals surface area contributed by atoms with Crippen LogP contribution in [0.5, 0.6) is 23.0 Å². The monoisotopic (exact) mass is 573 g/mol. The quantitative estimate of drug-likeness (QED) is 0.185. The van der Waals surface area contributed by atoms with Crippen LogP contribution in [0.3, 0.4) is 0 Å². The largest absolute Gasteiger partial charge is 0.496 e. The maximum absolute atomic E-state index is 13.8. The SMILES string of the molecule is COC(=O)[C@@H](C)Oc1c(OC)cc(C=Nn2c(-c3cc(C(C)C)c(OC)cc3C)nc3ccccc3c2=O)cc1OC. The summed E-state index contributed by atoms with van der Waals surface area (Å²) in [6, 6.07) is 14.4. The number of aromatic nitrogens is 2. The fourth-order valence-corrected chi connectivity index (χ4v) is 4.58. The van der Waals surface area contributed by atoms with Gasteiger partial charge in [-0.3, -0.25) is 4.79 Å². The normalized spacial score (nSPS) is 12.0. The van der Waals surface area contributed by atoms with Gasteiger partial charge in [-0.2, -0.15) is 9.78 Å². The Kier molecular flexibility index (Phi) is 9.15. The number of aryl methyl sites for hydroxylation is 1. The number of rotatable bonds is 10. The van der Waals surface area contributed by atoms with Crippen molar-refractivity contribution in [3.05, 3.63) is 75.6 Å². The number of nitrogens with zero attached hydrogens (tertiary/aromatic N) is 3. The van der Waals surface area contributed by atoms with E-state index in [-0.39, 0.29) is 17.2 Å². The lowest BCUT2D eigenvalue weighted by Crippen LogP contribution is -2.25. The Labute approximate surface area is 244 Å². The van der Waals surface area contributed by atoms with Crippen LogP contribution < -0.4 is 24.5 Å². The average Bonchev–Trinajstić information content (AvgIpc) is 2.99. The minimum Gasteiger partial charge on any atom is -0.496 e. The zero-order valence-corrected chi connectivity index (χ0v) is 25.1. The maximum atomic E-state index is 13.8. The second-order valence-corrected chi connectivity index (χ2v) is 9.92. The zero-order valence-electron chi connectivity index (χ0n) is 25.1. The first-order valence-corrected chi connectivity index (χ1v) is 13.4. The van der Waals surface area contributed by atoms with Crippen molar-refractivity contribution in [3.63, 3.8) is 0 Å². The number of para-hydroxylation sites is 1. The van der Waals surface area contributed by atoms with Gasteiger partial charge in [-0.15, -0.1) is 0 Å². The van der Waals surface area contributed by atoms with E-state index >= 15 is 0 Å². The third-order valence-corrected chi connectivity index (χ3v) is 6.83. The van der Waals surface area contributed by atoms with Gasteiger partial charge in [0, 0.05) is 11.1 Å². The predicted molar refractivity (Wildman–Crippen MR) is 161 cm³/mol. The smallest absolute Gasteiger partial charge is 0.346 e. The van der Waals surface area contributed by atoms with Crippen molar-refractivity contribution in [3.8, 4) is 34.4 Å². The summed E-state index contributed by atoms with van der Waals surface area (Å²) in [5, 5.41) is 5.04. The van der Waals surface area contributed by atoms with Gasteiger partial charge in [0.25, 0.3) is 5.56 Å². The topological polar surface area (TPSA) is 110 Å². The number of methoxy groups -OCH3 is 4. The van der Waals surface area contributed by atoms with E-state index in [2.05, 4.69) is 18.9 Å². The molecule has 1 aromatic heterocycles. The molecular formula is C32H35N3O7. The Balaban J connectivity index is 1.90. The molecule has 4 rings (SSSR count). The van der Waals surface area contributed by atoms with Crippen LogP contribution in [0.2, 0.25) is 0 Å². The second-order valence-electron chi connectivity index (χ2n) is 9.92. The van der Waals surface area contributed by atoms with Crippen molar-refractivity contribution >= 4 is 23.1 Å². The van der Waals surface area contributed by atoms with Gasteiger partial charge in [0.05, 0.1) is 45.6 Å². The number of benzene rings is 3. The minimum atomic E-state index is -0.898. The van der Waals surface area contributed by atoms with E-state index < -0.39 is 12.1 Å². The number of esters is 1. The standard InChI is InChI=1S/C32H35N3O7/c1-18(2)23-16-24(19(3)13-26(23)38-5)30-34-25-12-10-9-11-22(25)31(36)35(30)33-17-21-14-27(39-6)29(28(15-21)40-7)42-20(4)32(37)41-8/h9-18,20H,1-8H3/t20-/m1/s1. The van der Waals surface area contributed by atoms with Crippen LogP contribution in [-0.2, 0) is 9.53 Å². The lowest BCUT2D eigenvalue weighted by atomic mass is 9.96. The summed E-state index contributed by atoms with van der Waals surface area (Å²) < 4.78 is 28.5. The zero-order chi connectivity index (χ0) is 30.6. The molecule has 0 aliphatic carbocycles. The van der Waals surface area contributed by atoms with Gasteiger partial charge < -0.3 is 23.7 Å². The van der Waals surface area contributed by atoms with Gasteiger partial charge >= 0.3 is 5.97 Å². The van der Waals surface area contributed by atoms with Gasteiger partial charge in [-0.05, 0) is 67.3 Å². The van der Waals surface area contributed by atoms with E-state index in [0.29, 0.717) is 33.8 Å². The van der Waals surface area contributed by atoms with Crippen molar-refractivity contribution in [2.75, 3.05) is 28.4 Å². The molecule has 0 bridgehead atoms. The van der Waals surface area contributed by atoms with Gasteiger partial charge in [-0.25, -0.2) is 9.78 Å². The summed E-state index contributed by atoms with van der Waals surface area (Å²) in [5.41, 5.74) is 3.43. The third kappa shape index (κ3) is 5.93. The van der Waals surface area contributed by atoms with E-state index in [1.54, 1.807) is 44.4 Å². The van der Waals surface area contributed by atoms with Crippen molar-refractivity contribution in [1.82, 2.24) is 9.66 Å². The van der Waals surface area contributed by atoms with Gasteiger partial charge in [0.15, 0.2) is 23.4 Å². The second kappa shape index (κ2) is 12.8. The van der Waals surface area contributed by atoms with Crippen molar-refractivity contribution in [2.24, 2.45) is 5.10 Å². The lowest BCUT2D eigenvalue weighted by Gasteiger charge is -2.18. The lowest BCUT2D eigenvalue weighted by molar-refractivity contribution is -0.148. The Bertz CT molecular complexity index is 1680. The predicted octanol–water partition coefficient (Wildman–Crippen LogP) is 5.34. The molecule has 4 aromatic rings. The molecule has 3 aromatic carbocycles. The molecule has 10 heteroatoms. The number of hydrogen-bond donors (Lipinski definition) is 0. The third-order valence-electron chi connectivity index (χ3n) is 6.83. The molecule has 0 fully saturated rings. The van der Waals surface area contributed by atoms with E-state index in [9.17, 15) is 9.59 Å². The molecule has 42 heavy (non-hydrogen) atoms. The fraction of sp³-hybridized carbons (Fsp3) is 0.312. The van der Waals surface area contributed by atoms with Crippen LogP contribution in [0.25, 0.3) is 22.3 Å². The molecular weight excluding hydrogens is 538 g/mol. The molecule has 0 N–H and O–H groups in total. The number of carbonyl (C=O) groups excluding carboxylic acids is 1. The first-order chi connectivity index (χ1) is 20.1. The summed E-state index contributed by atoms with van der Waals surface area (Å²) in [6.45, 7) is 7.67. The van der Waals surface area contributed by atoms with Crippen LogP contribution in [0.15, 0.2) is 58.4 Å². The summed E-state index contributed by atoms with van der Waals surface area (Å²) in [7, 11) is 5.87. The van der Waals surface area contributed by atoms with Crippen LogP contribution >= 0.6 is 0 Å². The van der Waals surface area contributed by atoms with E-state index in [4.69, 9.17) is 28.7 Å². The molecule has 0 saturated carbocycles. The highest BCUT2D eigenvalue weighted by Gasteiger charge is 2.22. The maximum Gasteiger partial charge on any atom is 0.346 e. The van der Waals surface area contributed by atoms with E-state index in [0.717, 1.165) is 22.4 Å². The van der Waals surface area contributed by atoms with Gasteiger partial charge in [-0.1, -0.05) is 26.0 Å². The van der Waals surface area contributed by atoms with Crippen LogP contribution in [0.4, 0.5) is 0 Å². The molecule has 0 spiro atoms. The van der Waals surface area contributed by atoms with Gasteiger partial charge in [0.1, 0.15) is 5.75 Å². The van der Waals surface area contributed by atoms with Crippen molar-refractivity contribution < 1.29 is 28.5 Å². The van der Waals surface area contributed by atoms with E-state index in [1.807, 2.05) is 25.1 Å². The van der Waals surface area contributed by atoms with Crippen LogP contribution in [-0.4, -0.2) is 56.4 Å². The van der Waals surface area contributed by atoms with Crippen molar-refractivity contribution in [2.45, 2.75) is 39.7 Å². The first kappa shape index (κ1) is 30.1. The number of carbonyl (C=O) groups is 1. The Morgan fingerprint density at radius 2 is 1.57 bits per heavy atom. The highest BCUT2D eigenvalue weighted by Crippen LogP contribution is 2.39. The highest BCUT2D eigenvalue weighted by molar-refractivity contribution is 5.84. The Morgan fingerprint density at radius 1 is 0.929 bits per heavy atom. The fourth-order valence-electron chi connectivity index (χ4n) is 4.58. The molecule has 1 atom stereocenters. The van der Waals surface area contributed by atoms with Gasteiger partial charge in [0.2, 0.25) is 5.75 Å². The van der Waals surface area contributed by atoms with E-state index in [1.165, 1.54) is 32.2 Å². The molecule has 0 saturated heterocycles. The Hall–Kier alpha value is -4.86. The van der Waals surface area contributed by atoms with Crippen molar-refractivity contribution in [1.29, 1.82) is 0 Å². The summed E-state index contributed by atoms with van der Waals surface area (Å²) >= 11 is 0. The molecule has 0 unspecified atom stereocenters. The summed E-state index contributed by atoms with van der Waals surface area (Å²) in [5.74, 6) is 1.64. The van der Waals surface area contributed by atoms with Crippen LogP contribution in [0.1, 0.15) is 43.4 Å². The summed E-state index contributed by atoms with van der Waals surface area (Å²) in [4.78, 5) is 30.6. The molecule has 220 valence electrons. The summed E-state index contributed by atoms with van der Waals surface area (Å²) in [6.07, 6.45) is 0.618. The first-order valence-electron chi connectivity index (χ1n) is 13.4. The highest BCUT2D eigenvalue weighted by atomic mass is 16.6. The number of ether oxygens (including phenoxy) is 5. The molecule has 0 amide bonds.